The van der Waals surface area contributed by atoms with Crippen LogP contribution in [0.2, 0.25) is 5.02 Å². The van der Waals surface area contributed by atoms with Crippen molar-refractivity contribution in [3.8, 4) is 0 Å². The van der Waals surface area contributed by atoms with Crippen molar-refractivity contribution in [2.75, 3.05) is 13.1 Å². The van der Waals surface area contributed by atoms with Gasteiger partial charge in [0.2, 0.25) is 5.91 Å². The monoisotopic (exact) mass is 284 g/mol. The summed E-state index contributed by atoms with van der Waals surface area (Å²) < 4.78 is 13.0. The highest BCUT2D eigenvalue weighted by Crippen LogP contribution is 2.27. The Balaban J connectivity index is 1.77. The molecule has 19 heavy (non-hydrogen) atoms. The molecule has 1 aliphatic carbocycles. The van der Waals surface area contributed by atoms with Gasteiger partial charge in [-0.25, -0.2) is 4.39 Å². The topological polar surface area (TPSA) is 41.1 Å². The lowest BCUT2D eigenvalue weighted by molar-refractivity contribution is -0.120. The summed E-state index contributed by atoms with van der Waals surface area (Å²) in [7, 11) is 0. The fourth-order valence-corrected chi connectivity index (χ4v) is 1.98. The highest BCUT2D eigenvalue weighted by atomic mass is 35.5. The number of carbonyl (C=O) groups is 1. The number of rotatable bonds is 6. The van der Waals surface area contributed by atoms with Crippen LogP contribution in [0.1, 0.15) is 31.4 Å². The van der Waals surface area contributed by atoms with Crippen LogP contribution < -0.4 is 10.6 Å². The maximum absolute atomic E-state index is 13.0. The van der Waals surface area contributed by atoms with Crippen molar-refractivity contribution in [3.63, 3.8) is 0 Å². The van der Waals surface area contributed by atoms with Gasteiger partial charge in [-0.1, -0.05) is 17.7 Å². The Bertz CT molecular complexity index is 463. The van der Waals surface area contributed by atoms with E-state index in [2.05, 4.69) is 10.6 Å². The zero-order valence-corrected chi connectivity index (χ0v) is 11.6. The van der Waals surface area contributed by atoms with E-state index in [4.69, 9.17) is 11.6 Å². The molecule has 0 unspecified atom stereocenters. The van der Waals surface area contributed by atoms with Crippen molar-refractivity contribution in [2.45, 2.75) is 25.8 Å². The lowest BCUT2D eigenvalue weighted by Crippen LogP contribution is -2.36. The van der Waals surface area contributed by atoms with E-state index in [-0.39, 0.29) is 23.5 Å². The van der Waals surface area contributed by atoms with E-state index in [0.29, 0.717) is 5.92 Å². The molecule has 0 saturated heterocycles. The number of hydrogen-bond donors (Lipinski definition) is 2. The summed E-state index contributed by atoms with van der Waals surface area (Å²) >= 11 is 5.73. The van der Waals surface area contributed by atoms with Crippen molar-refractivity contribution in [1.82, 2.24) is 10.6 Å². The number of carbonyl (C=O) groups excluding carboxylic acids is 1. The van der Waals surface area contributed by atoms with Gasteiger partial charge in [0.05, 0.1) is 11.6 Å². The van der Waals surface area contributed by atoms with Crippen molar-refractivity contribution < 1.29 is 9.18 Å². The molecule has 0 heterocycles. The Morgan fingerprint density at radius 2 is 2.26 bits per heavy atom. The number of halogens is 2. The van der Waals surface area contributed by atoms with E-state index in [9.17, 15) is 9.18 Å². The first kappa shape index (κ1) is 14.3. The summed E-state index contributed by atoms with van der Waals surface area (Å²) in [5.74, 6) is 0.240. The van der Waals surface area contributed by atoms with Crippen molar-refractivity contribution in [3.05, 3.63) is 34.6 Å². The average molecular weight is 285 g/mol. The highest BCUT2D eigenvalue weighted by Gasteiger charge is 2.21. The van der Waals surface area contributed by atoms with E-state index >= 15 is 0 Å². The molecular formula is C14H18ClFN2O. The van der Waals surface area contributed by atoms with Gasteiger partial charge in [-0.2, -0.15) is 0 Å². The third-order valence-corrected chi connectivity index (χ3v) is 3.59. The second kappa shape index (κ2) is 6.35. The highest BCUT2D eigenvalue weighted by molar-refractivity contribution is 6.30. The minimum absolute atomic E-state index is 0.00745. The average Bonchev–Trinajstić information content (AvgIpc) is 3.20. The molecule has 1 fully saturated rings. The van der Waals surface area contributed by atoms with E-state index < -0.39 is 5.82 Å². The van der Waals surface area contributed by atoms with Crippen LogP contribution in [0.5, 0.6) is 0 Å². The van der Waals surface area contributed by atoms with Crippen molar-refractivity contribution >= 4 is 17.5 Å². The number of nitrogens with one attached hydrogen (secondary N) is 2. The maximum atomic E-state index is 13.0. The molecule has 1 aromatic carbocycles. The quantitative estimate of drug-likeness (QED) is 0.843. The summed E-state index contributed by atoms with van der Waals surface area (Å²) in [6.45, 7) is 2.94. The van der Waals surface area contributed by atoms with Crippen LogP contribution in [-0.4, -0.2) is 19.0 Å². The van der Waals surface area contributed by atoms with Gasteiger partial charge in [0, 0.05) is 12.6 Å². The Hall–Kier alpha value is -1.13. The molecule has 1 atom stereocenters. The van der Waals surface area contributed by atoms with Crippen LogP contribution in [0.25, 0.3) is 0 Å². The van der Waals surface area contributed by atoms with Crippen LogP contribution >= 0.6 is 11.6 Å². The predicted molar refractivity (Wildman–Crippen MR) is 73.6 cm³/mol. The first-order valence-electron chi connectivity index (χ1n) is 6.51. The summed E-state index contributed by atoms with van der Waals surface area (Å²) in [4.78, 5) is 11.6. The minimum atomic E-state index is -0.431. The molecule has 1 aliphatic rings. The molecule has 0 aromatic heterocycles. The maximum Gasteiger partial charge on any atom is 0.233 e. The number of amides is 1. The fraction of sp³-hybridized carbons (Fsp3) is 0.500. The van der Waals surface area contributed by atoms with Crippen LogP contribution in [0.15, 0.2) is 18.2 Å². The van der Waals surface area contributed by atoms with Gasteiger partial charge in [0.1, 0.15) is 5.82 Å². The lowest BCUT2D eigenvalue weighted by atomic mass is 10.1. The third kappa shape index (κ3) is 4.48. The van der Waals surface area contributed by atoms with Gasteiger partial charge in [0.25, 0.3) is 0 Å². The first-order valence-corrected chi connectivity index (χ1v) is 6.89. The predicted octanol–water partition coefficient (Wildman–Crippen LogP) is 2.66. The van der Waals surface area contributed by atoms with Crippen LogP contribution in [0, 0.1) is 11.7 Å². The number of hydrogen-bond acceptors (Lipinski definition) is 2. The molecule has 5 heteroatoms. The molecule has 2 N–H and O–H groups in total. The molecule has 3 nitrogen and oxygen atoms in total. The first-order chi connectivity index (χ1) is 9.06. The van der Waals surface area contributed by atoms with Crippen molar-refractivity contribution in [1.29, 1.82) is 0 Å². The molecule has 0 bridgehead atoms. The fourth-order valence-electron chi connectivity index (χ4n) is 1.79. The van der Waals surface area contributed by atoms with Crippen molar-refractivity contribution in [2.24, 2.45) is 5.92 Å². The SMILES string of the molecule is C[C@H](NCC(=O)NCC1CC1)c1ccc(F)c(Cl)c1. The zero-order valence-electron chi connectivity index (χ0n) is 10.9. The van der Waals surface area contributed by atoms with Gasteiger partial charge in [-0.05, 0) is 43.4 Å². The normalized spacial score (nSPS) is 16.2. The molecule has 2 rings (SSSR count). The molecule has 1 amide bonds. The van der Waals surface area contributed by atoms with Gasteiger partial charge in [-0.15, -0.1) is 0 Å². The van der Waals surface area contributed by atoms with E-state index in [1.54, 1.807) is 12.1 Å². The van der Waals surface area contributed by atoms with Gasteiger partial charge < -0.3 is 10.6 Å². The molecule has 0 radical (unpaired) electrons. The molecular weight excluding hydrogens is 267 g/mol. The van der Waals surface area contributed by atoms with Crippen LogP contribution in [0.4, 0.5) is 4.39 Å². The Morgan fingerprint density at radius 3 is 2.89 bits per heavy atom. The second-order valence-corrected chi connectivity index (χ2v) is 5.43. The molecule has 1 saturated carbocycles. The van der Waals surface area contributed by atoms with Gasteiger partial charge in [-0.3, -0.25) is 4.79 Å². The van der Waals surface area contributed by atoms with E-state index in [0.717, 1.165) is 12.1 Å². The zero-order chi connectivity index (χ0) is 13.8. The largest absolute Gasteiger partial charge is 0.355 e. The minimum Gasteiger partial charge on any atom is -0.355 e. The van der Waals surface area contributed by atoms with E-state index in [1.807, 2.05) is 6.92 Å². The summed E-state index contributed by atoms with van der Waals surface area (Å²) in [5.41, 5.74) is 0.862. The van der Waals surface area contributed by atoms with Gasteiger partial charge in [0.15, 0.2) is 0 Å². The summed E-state index contributed by atoms with van der Waals surface area (Å²) in [6, 6.07) is 4.53. The number of benzene rings is 1. The van der Waals surface area contributed by atoms with Crippen LogP contribution in [0.3, 0.4) is 0 Å². The summed E-state index contributed by atoms with van der Waals surface area (Å²) in [5, 5.41) is 6.08. The molecule has 1 aromatic rings. The van der Waals surface area contributed by atoms with Gasteiger partial charge >= 0.3 is 0 Å². The second-order valence-electron chi connectivity index (χ2n) is 5.02. The standard InChI is InChI=1S/C14H18ClFN2O/c1-9(11-4-5-13(16)12(15)6-11)17-8-14(19)18-7-10-2-3-10/h4-6,9-10,17H,2-3,7-8H2,1H3,(H,18,19)/t9-/m0/s1. The van der Waals surface area contributed by atoms with E-state index in [1.165, 1.54) is 18.9 Å². The van der Waals surface area contributed by atoms with Crippen LogP contribution in [-0.2, 0) is 4.79 Å². The lowest BCUT2D eigenvalue weighted by Gasteiger charge is -2.14. The Labute approximate surface area is 117 Å². The Morgan fingerprint density at radius 1 is 1.53 bits per heavy atom. The molecule has 0 aliphatic heterocycles. The molecule has 0 spiro atoms. The third-order valence-electron chi connectivity index (χ3n) is 3.30. The Kier molecular flexibility index (Phi) is 4.77. The smallest absolute Gasteiger partial charge is 0.233 e. The summed E-state index contributed by atoms with van der Waals surface area (Å²) in [6.07, 6.45) is 2.44. The molecule has 104 valence electrons.